The first kappa shape index (κ1) is 20.3. The van der Waals surface area contributed by atoms with Crippen molar-refractivity contribution in [3.05, 3.63) is 61.1 Å². The van der Waals surface area contributed by atoms with Gasteiger partial charge in [-0.05, 0) is 49.1 Å². The minimum absolute atomic E-state index is 0.302. The van der Waals surface area contributed by atoms with E-state index in [1.807, 2.05) is 18.2 Å². The zero-order chi connectivity index (χ0) is 21.0. The number of rotatable bonds is 6. The van der Waals surface area contributed by atoms with Crippen molar-refractivity contribution < 1.29 is 13.2 Å². The maximum Gasteiger partial charge on any atom is 0.225 e. The Hall–Kier alpha value is -3.00. The summed E-state index contributed by atoms with van der Waals surface area (Å²) in [5, 5.41) is 0. The number of pyridine rings is 1. The molecule has 0 unspecified atom stereocenters. The average Bonchev–Trinajstić information content (AvgIpc) is 2.78. The highest BCUT2D eigenvalue weighted by atomic mass is 32.2. The molecular formula is C22H24N4O3S. The lowest BCUT2D eigenvalue weighted by atomic mass is 9.98. The Bertz CT molecular complexity index is 1060. The molecule has 1 fully saturated rings. The van der Waals surface area contributed by atoms with Gasteiger partial charge in [-0.2, -0.15) is 0 Å². The molecule has 1 aromatic carbocycles. The van der Waals surface area contributed by atoms with Gasteiger partial charge in [0.15, 0.2) is 9.84 Å². The number of hydrogen-bond donors (Lipinski definition) is 0. The number of nitrogens with zero attached hydrogens (tertiary/aromatic N) is 4. The van der Waals surface area contributed by atoms with E-state index >= 15 is 0 Å². The molecule has 4 rings (SSSR count). The minimum atomic E-state index is -3.20. The van der Waals surface area contributed by atoms with Gasteiger partial charge in [0, 0.05) is 37.3 Å². The Morgan fingerprint density at radius 3 is 2.30 bits per heavy atom. The topological polar surface area (TPSA) is 85.3 Å². The monoisotopic (exact) mass is 424 g/mol. The number of aromatic nitrogens is 3. The lowest BCUT2D eigenvalue weighted by molar-refractivity contribution is 0.222. The predicted molar refractivity (Wildman–Crippen MR) is 115 cm³/mol. The molecule has 0 aliphatic carbocycles. The summed E-state index contributed by atoms with van der Waals surface area (Å²) in [5.41, 5.74) is 1.64. The van der Waals surface area contributed by atoms with Crippen molar-refractivity contribution in [2.75, 3.05) is 30.9 Å². The number of benzene rings is 1. The molecule has 2 aromatic heterocycles. The van der Waals surface area contributed by atoms with Crippen LogP contribution in [0.4, 0.5) is 5.95 Å². The zero-order valence-corrected chi connectivity index (χ0v) is 17.6. The van der Waals surface area contributed by atoms with Gasteiger partial charge in [-0.1, -0.05) is 12.1 Å². The van der Waals surface area contributed by atoms with Gasteiger partial charge in [0.2, 0.25) is 5.95 Å². The highest BCUT2D eigenvalue weighted by molar-refractivity contribution is 7.90. The van der Waals surface area contributed by atoms with Gasteiger partial charge in [-0.3, -0.25) is 4.98 Å². The Morgan fingerprint density at radius 1 is 1.00 bits per heavy atom. The molecule has 0 saturated carbocycles. The smallest absolute Gasteiger partial charge is 0.225 e. The molecule has 1 aliphatic heterocycles. The summed E-state index contributed by atoms with van der Waals surface area (Å²) >= 11 is 0. The molecule has 156 valence electrons. The third-order valence-corrected chi connectivity index (χ3v) is 6.38. The van der Waals surface area contributed by atoms with Crippen LogP contribution in [0.2, 0.25) is 0 Å². The molecule has 3 heterocycles. The van der Waals surface area contributed by atoms with E-state index in [2.05, 4.69) is 19.9 Å². The minimum Gasteiger partial charge on any atom is -0.492 e. The molecule has 0 spiro atoms. The normalized spacial score (nSPS) is 15.2. The summed E-state index contributed by atoms with van der Waals surface area (Å²) in [6.45, 7) is 2.52. The van der Waals surface area contributed by atoms with Crippen molar-refractivity contribution >= 4 is 15.8 Å². The van der Waals surface area contributed by atoms with Crippen LogP contribution in [0.3, 0.4) is 0 Å². The highest BCUT2D eigenvalue weighted by Gasteiger charge is 2.21. The second-order valence-electron chi connectivity index (χ2n) is 7.47. The van der Waals surface area contributed by atoms with Crippen LogP contribution in [0, 0.1) is 5.92 Å². The van der Waals surface area contributed by atoms with Gasteiger partial charge in [0.1, 0.15) is 5.75 Å². The summed E-state index contributed by atoms with van der Waals surface area (Å²) in [4.78, 5) is 15.6. The van der Waals surface area contributed by atoms with E-state index in [-0.39, 0.29) is 0 Å². The van der Waals surface area contributed by atoms with Crippen LogP contribution in [0.5, 0.6) is 5.75 Å². The SMILES string of the molecule is CS(=O)(=O)c1ccc(-c2ccc(OCC3CCN(c4ncccn4)CC3)cn2)cc1. The van der Waals surface area contributed by atoms with Gasteiger partial charge in [-0.25, -0.2) is 18.4 Å². The van der Waals surface area contributed by atoms with E-state index in [1.165, 1.54) is 6.26 Å². The fourth-order valence-corrected chi connectivity index (χ4v) is 4.11. The van der Waals surface area contributed by atoms with Gasteiger partial charge < -0.3 is 9.64 Å². The molecule has 0 atom stereocenters. The first-order chi connectivity index (χ1) is 14.5. The van der Waals surface area contributed by atoms with Crippen LogP contribution < -0.4 is 9.64 Å². The average molecular weight is 425 g/mol. The van der Waals surface area contributed by atoms with Crippen LogP contribution in [0.15, 0.2) is 66.0 Å². The van der Waals surface area contributed by atoms with E-state index in [0.29, 0.717) is 17.4 Å². The van der Waals surface area contributed by atoms with Crippen LogP contribution in [0.1, 0.15) is 12.8 Å². The van der Waals surface area contributed by atoms with E-state index in [4.69, 9.17) is 4.74 Å². The van der Waals surface area contributed by atoms with Crippen molar-refractivity contribution in [2.24, 2.45) is 5.92 Å². The standard InChI is InChI=1S/C22H24N4O3S/c1-30(27,28)20-6-3-18(4-7-20)21-8-5-19(15-25-21)29-16-17-9-13-26(14-10-17)22-23-11-2-12-24-22/h2-8,11-12,15,17H,9-10,13-14,16H2,1H3. The zero-order valence-electron chi connectivity index (χ0n) is 16.8. The van der Waals surface area contributed by atoms with Gasteiger partial charge in [0.05, 0.1) is 23.4 Å². The quantitative estimate of drug-likeness (QED) is 0.600. The lowest BCUT2D eigenvalue weighted by Gasteiger charge is -2.31. The van der Waals surface area contributed by atoms with Gasteiger partial charge in [-0.15, -0.1) is 0 Å². The largest absolute Gasteiger partial charge is 0.492 e. The van der Waals surface area contributed by atoms with Crippen LogP contribution >= 0.6 is 0 Å². The fourth-order valence-electron chi connectivity index (χ4n) is 3.48. The number of anilines is 1. The molecule has 0 bridgehead atoms. The number of hydrogen-bond acceptors (Lipinski definition) is 7. The van der Waals surface area contributed by atoms with Crippen molar-refractivity contribution in [1.82, 2.24) is 15.0 Å². The van der Waals surface area contributed by atoms with Crippen LogP contribution in [-0.4, -0.2) is 49.3 Å². The first-order valence-electron chi connectivity index (χ1n) is 9.90. The maximum atomic E-state index is 11.6. The molecule has 3 aromatic rings. The van der Waals surface area contributed by atoms with Gasteiger partial charge in [0.25, 0.3) is 0 Å². The van der Waals surface area contributed by atoms with Crippen LogP contribution in [0.25, 0.3) is 11.3 Å². The Balaban J connectivity index is 1.29. The summed E-state index contributed by atoms with van der Waals surface area (Å²) in [6.07, 6.45) is 8.54. The van der Waals surface area contributed by atoms with Crippen LogP contribution in [-0.2, 0) is 9.84 Å². The third kappa shape index (κ3) is 4.94. The Kier molecular flexibility index (Phi) is 5.94. The predicted octanol–water partition coefficient (Wildman–Crippen LogP) is 3.24. The molecule has 8 heteroatoms. The van der Waals surface area contributed by atoms with Crippen molar-refractivity contribution in [1.29, 1.82) is 0 Å². The molecule has 0 amide bonds. The van der Waals surface area contributed by atoms with E-state index < -0.39 is 9.84 Å². The number of ether oxygens (including phenoxy) is 1. The number of sulfone groups is 1. The third-order valence-electron chi connectivity index (χ3n) is 5.25. The molecule has 7 nitrogen and oxygen atoms in total. The molecule has 1 aliphatic rings. The highest BCUT2D eigenvalue weighted by Crippen LogP contribution is 2.24. The number of piperidine rings is 1. The molecule has 1 saturated heterocycles. The second-order valence-corrected chi connectivity index (χ2v) is 9.48. The molecule has 30 heavy (non-hydrogen) atoms. The summed E-state index contributed by atoms with van der Waals surface area (Å²) in [5.74, 6) is 2.02. The van der Waals surface area contributed by atoms with E-state index in [1.54, 1.807) is 42.9 Å². The fraction of sp³-hybridized carbons (Fsp3) is 0.318. The molecular weight excluding hydrogens is 400 g/mol. The molecule has 0 radical (unpaired) electrons. The Morgan fingerprint density at radius 2 is 1.70 bits per heavy atom. The second kappa shape index (κ2) is 8.79. The molecule has 0 N–H and O–H groups in total. The van der Waals surface area contributed by atoms with Gasteiger partial charge >= 0.3 is 0 Å². The Labute approximate surface area is 176 Å². The summed E-state index contributed by atoms with van der Waals surface area (Å²) in [6, 6.07) is 12.4. The summed E-state index contributed by atoms with van der Waals surface area (Å²) < 4.78 is 29.1. The van der Waals surface area contributed by atoms with Crippen molar-refractivity contribution in [2.45, 2.75) is 17.7 Å². The summed E-state index contributed by atoms with van der Waals surface area (Å²) in [7, 11) is -3.20. The first-order valence-corrected chi connectivity index (χ1v) is 11.8. The van der Waals surface area contributed by atoms with E-state index in [0.717, 1.165) is 48.9 Å². The van der Waals surface area contributed by atoms with E-state index in [9.17, 15) is 8.42 Å². The van der Waals surface area contributed by atoms with Crippen molar-refractivity contribution in [3.8, 4) is 17.0 Å². The lowest BCUT2D eigenvalue weighted by Crippen LogP contribution is -2.36. The maximum absolute atomic E-state index is 11.6. The van der Waals surface area contributed by atoms with Crippen molar-refractivity contribution in [3.63, 3.8) is 0 Å².